The fraction of sp³-hybridized carbons (Fsp3) is 0.286. The fourth-order valence-electron chi connectivity index (χ4n) is 1.98. The molecular formula is C14H17ClN2O3S. The topological polar surface area (TPSA) is 76.5 Å². The van der Waals surface area contributed by atoms with Crippen LogP contribution in [-0.4, -0.2) is 19.8 Å². The molecule has 1 heterocycles. The standard InChI is InChI=1S/C14H17ClN2O3S/c1-9-4-5-12(20-9)8-17(3)21(18,19)14-7-11(15)6-13(16)10(14)2/h4-7H,8,16H2,1-3H3. The molecule has 0 atom stereocenters. The van der Waals surface area contributed by atoms with Crippen molar-refractivity contribution in [1.29, 1.82) is 0 Å². The number of aryl methyl sites for hydroxylation is 1. The Morgan fingerprint density at radius 3 is 2.52 bits per heavy atom. The molecule has 0 aliphatic heterocycles. The average Bonchev–Trinajstić information content (AvgIpc) is 2.79. The molecule has 0 spiro atoms. The van der Waals surface area contributed by atoms with Crippen LogP contribution in [0.3, 0.4) is 0 Å². The first-order chi connectivity index (χ1) is 9.71. The van der Waals surface area contributed by atoms with Crippen LogP contribution in [0.25, 0.3) is 0 Å². The predicted molar refractivity (Wildman–Crippen MR) is 82.7 cm³/mol. The lowest BCUT2D eigenvalue weighted by Crippen LogP contribution is -2.27. The van der Waals surface area contributed by atoms with Crippen molar-refractivity contribution in [2.45, 2.75) is 25.3 Å². The third-order valence-electron chi connectivity index (χ3n) is 3.23. The Hall–Kier alpha value is -1.50. The molecule has 0 fully saturated rings. The second kappa shape index (κ2) is 5.71. The van der Waals surface area contributed by atoms with Crippen molar-refractivity contribution in [2.75, 3.05) is 12.8 Å². The highest BCUT2D eigenvalue weighted by atomic mass is 35.5. The molecule has 0 amide bonds. The first-order valence-corrected chi connectivity index (χ1v) is 8.11. The largest absolute Gasteiger partial charge is 0.465 e. The van der Waals surface area contributed by atoms with E-state index in [2.05, 4.69) is 0 Å². The Labute approximate surface area is 129 Å². The second-order valence-corrected chi connectivity index (χ2v) is 7.34. The van der Waals surface area contributed by atoms with Gasteiger partial charge in [0.2, 0.25) is 10.0 Å². The van der Waals surface area contributed by atoms with Crippen molar-refractivity contribution in [1.82, 2.24) is 4.31 Å². The maximum Gasteiger partial charge on any atom is 0.243 e. The second-order valence-electron chi connectivity index (χ2n) is 4.89. The summed E-state index contributed by atoms with van der Waals surface area (Å²) in [6.07, 6.45) is 0. The van der Waals surface area contributed by atoms with Crippen molar-refractivity contribution in [3.05, 3.63) is 46.4 Å². The van der Waals surface area contributed by atoms with Crippen LogP contribution in [-0.2, 0) is 16.6 Å². The number of furan rings is 1. The molecule has 0 aliphatic carbocycles. The average molecular weight is 329 g/mol. The maximum absolute atomic E-state index is 12.6. The number of hydrogen-bond acceptors (Lipinski definition) is 4. The molecule has 0 aliphatic rings. The molecule has 114 valence electrons. The Morgan fingerprint density at radius 1 is 1.29 bits per heavy atom. The van der Waals surface area contributed by atoms with Gasteiger partial charge in [0.15, 0.2) is 0 Å². The van der Waals surface area contributed by atoms with Gasteiger partial charge in [-0.3, -0.25) is 0 Å². The fourth-order valence-corrected chi connectivity index (χ4v) is 3.69. The molecule has 2 rings (SSSR count). The minimum absolute atomic E-state index is 0.110. The third kappa shape index (κ3) is 3.23. The van der Waals surface area contributed by atoms with Gasteiger partial charge in [0.25, 0.3) is 0 Å². The molecule has 7 heteroatoms. The third-order valence-corrected chi connectivity index (χ3v) is 5.38. The Bertz CT molecular complexity index is 769. The van der Waals surface area contributed by atoms with Crippen molar-refractivity contribution < 1.29 is 12.8 Å². The van der Waals surface area contributed by atoms with E-state index in [1.54, 1.807) is 26.0 Å². The lowest BCUT2D eigenvalue weighted by Gasteiger charge is -2.18. The van der Waals surface area contributed by atoms with Gasteiger partial charge in [-0.2, -0.15) is 4.31 Å². The van der Waals surface area contributed by atoms with Crippen molar-refractivity contribution in [2.24, 2.45) is 0 Å². The molecule has 0 unspecified atom stereocenters. The Balaban J connectivity index is 2.37. The zero-order chi connectivity index (χ0) is 15.8. The number of nitrogens with two attached hydrogens (primary N) is 1. The number of anilines is 1. The van der Waals surface area contributed by atoms with Gasteiger partial charge in [-0.1, -0.05) is 11.6 Å². The first kappa shape index (κ1) is 15.9. The van der Waals surface area contributed by atoms with E-state index >= 15 is 0 Å². The minimum Gasteiger partial charge on any atom is -0.465 e. The van der Waals surface area contributed by atoms with Gasteiger partial charge in [0.1, 0.15) is 11.5 Å². The maximum atomic E-state index is 12.6. The van der Waals surface area contributed by atoms with Gasteiger partial charge in [-0.15, -0.1) is 0 Å². The van der Waals surface area contributed by atoms with Crippen LogP contribution in [0.15, 0.2) is 33.6 Å². The van der Waals surface area contributed by atoms with E-state index in [0.717, 1.165) is 5.76 Å². The molecule has 0 radical (unpaired) electrons. The molecule has 2 N–H and O–H groups in total. The molecule has 0 saturated carbocycles. The molecule has 1 aromatic heterocycles. The number of rotatable bonds is 4. The summed E-state index contributed by atoms with van der Waals surface area (Å²) in [6, 6.07) is 6.48. The first-order valence-electron chi connectivity index (χ1n) is 6.29. The van der Waals surface area contributed by atoms with E-state index in [0.29, 0.717) is 22.0 Å². The quantitative estimate of drug-likeness (QED) is 0.875. The molecule has 0 saturated heterocycles. The summed E-state index contributed by atoms with van der Waals surface area (Å²) in [5, 5.41) is 0.291. The van der Waals surface area contributed by atoms with Crippen LogP contribution >= 0.6 is 11.6 Å². The van der Waals surface area contributed by atoms with Gasteiger partial charge in [0, 0.05) is 17.8 Å². The zero-order valence-corrected chi connectivity index (χ0v) is 13.6. The van der Waals surface area contributed by atoms with Crippen LogP contribution in [0, 0.1) is 13.8 Å². The highest BCUT2D eigenvalue weighted by Gasteiger charge is 2.25. The summed E-state index contributed by atoms with van der Waals surface area (Å²) in [5.41, 5.74) is 6.63. The number of nitrogen functional groups attached to an aromatic ring is 1. The number of sulfonamides is 1. The molecule has 2 aromatic rings. The van der Waals surface area contributed by atoms with E-state index in [-0.39, 0.29) is 11.4 Å². The van der Waals surface area contributed by atoms with Crippen LogP contribution < -0.4 is 5.73 Å². The van der Waals surface area contributed by atoms with E-state index in [4.69, 9.17) is 21.8 Å². The van der Waals surface area contributed by atoms with E-state index in [1.165, 1.54) is 23.5 Å². The summed E-state index contributed by atoms with van der Waals surface area (Å²) in [5.74, 6) is 1.31. The lowest BCUT2D eigenvalue weighted by molar-refractivity contribution is 0.397. The molecule has 5 nitrogen and oxygen atoms in total. The van der Waals surface area contributed by atoms with Crippen LogP contribution in [0.1, 0.15) is 17.1 Å². The monoisotopic (exact) mass is 328 g/mol. The molecule has 1 aromatic carbocycles. The van der Waals surface area contributed by atoms with E-state index < -0.39 is 10.0 Å². The summed E-state index contributed by atoms with van der Waals surface area (Å²) in [6.45, 7) is 3.60. The van der Waals surface area contributed by atoms with Gasteiger partial charge in [0.05, 0.1) is 11.4 Å². The highest BCUT2D eigenvalue weighted by Crippen LogP contribution is 2.28. The molecular weight excluding hydrogens is 312 g/mol. The summed E-state index contributed by atoms with van der Waals surface area (Å²) in [7, 11) is -2.20. The van der Waals surface area contributed by atoms with E-state index in [9.17, 15) is 8.42 Å². The minimum atomic E-state index is -3.69. The number of benzene rings is 1. The van der Waals surface area contributed by atoms with Gasteiger partial charge in [-0.25, -0.2) is 8.42 Å². The van der Waals surface area contributed by atoms with Crippen molar-refractivity contribution in [3.63, 3.8) is 0 Å². The summed E-state index contributed by atoms with van der Waals surface area (Å²) in [4.78, 5) is 0.110. The predicted octanol–water partition coefficient (Wildman–Crippen LogP) is 2.95. The van der Waals surface area contributed by atoms with Crippen LogP contribution in [0.4, 0.5) is 5.69 Å². The number of nitrogens with zero attached hydrogens (tertiary/aromatic N) is 1. The van der Waals surface area contributed by atoms with Crippen LogP contribution in [0.2, 0.25) is 5.02 Å². The Morgan fingerprint density at radius 2 is 1.95 bits per heavy atom. The normalized spacial score (nSPS) is 12.0. The lowest BCUT2D eigenvalue weighted by atomic mass is 10.2. The smallest absolute Gasteiger partial charge is 0.243 e. The number of halogens is 1. The van der Waals surface area contributed by atoms with Crippen LogP contribution in [0.5, 0.6) is 0 Å². The summed E-state index contributed by atoms with van der Waals surface area (Å²) >= 11 is 5.91. The van der Waals surface area contributed by atoms with Crippen molar-refractivity contribution >= 4 is 27.3 Å². The number of hydrogen-bond donors (Lipinski definition) is 1. The van der Waals surface area contributed by atoms with E-state index in [1.807, 2.05) is 0 Å². The van der Waals surface area contributed by atoms with Gasteiger partial charge in [-0.05, 0) is 43.7 Å². The molecule has 0 bridgehead atoms. The van der Waals surface area contributed by atoms with Gasteiger partial charge >= 0.3 is 0 Å². The SMILES string of the molecule is Cc1ccc(CN(C)S(=O)(=O)c2cc(Cl)cc(N)c2C)o1. The molecule has 21 heavy (non-hydrogen) atoms. The Kier molecular flexibility index (Phi) is 4.32. The van der Waals surface area contributed by atoms with Gasteiger partial charge < -0.3 is 10.2 Å². The summed E-state index contributed by atoms with van der Waals surface area (Å²) < 4.78 is 31.9. The zero-order valence-electron chi connectivity index (χ0n) is 12.1. The highest BCUT2D eigenvalue weighted by molar-refractivity contribution is 7.89. The van der Waals surface area contributed by atoms with Crippen molar-refractivity contribution in [3.8, 4) is 0 Å².